The minimum atomic E-state index is -0.927. The van der Waals surface area contributed by atoms with Crippen molar-refractivity contribution in [2.75, 3.05) is 13.4 Å². The maximum Gasteiger partial charge on any atom is 0.306 e. The Bertz CT molecular complexity index is 936. The highest BCUT2D eigenvalue weighted by Gasteiger charge is 2.31. The number of halogens is 1. The molecular weight excluding hydrogens is 392 g/mol. The molecular formula is C19H19ClO8. The van der Waals surface area contributed by atoms with E-state index in [0.717, 1.165) is 6.07 Å². The molecule has 2 N–H and O–H groups in total. The van der Waals surface area contributed by atoms with Crippen LogP contribution < -0.4 is 10.2 Å². The highest BCUT2D eigenvalue weighted by Crippen LogP contribution is 2.42. The summed E-state index contributed by atoms with van der Waals surface area (Å²) in [6, 6.07) is 4.22. The summed E-state index contributed by atoms with van der Waals surface area (Å²) >= 11 is 6.22. The Morgan fingerprint density at radius 2 is 2.14 bits per heavy atom. The predicted octanol–water partition coefficient (Wildman–Crippen LogP) is 2.44. The van der Waals surface area contributed by atoms with Crippen molar-refractivity contribution >= 4 is 17.6 Å². The van der Waals surface area contributed by atoms with Gasteiger partial charge in [0.25, 0.3) is 0 Å². The van der Waals surface area contributed by atoms with Crippen molar-refractivity contribution in [1.29, 1.82) is 0 Å². The number of aliphatic hydroxyl groups excluding tert-OH is 1. The van der Waals surface area contributed by atoms with E-state index in [1.165, 1.54) is 0 Å². The van der Waals surface area contributed by atoms with E-state index in [2.05, 4.69) is 0 Å². The van der Waals surface area contributed by atoms with Crippen LogP contribution in [-0.4, -0.2) is 29.6 Å². The normalized spacial score (nSPS) is 14.1. The molecule has 0 bridgehead atoms. The van der Waals surface area contributed by atoms with Gasteiger partial charge in [-0.25, -0.2) is 0 Å². The first kappa shape index (κ1) is 20.2. The SMILES string of the molecule is CCOC(=O)C[C@H](c1cc(Cl)cc2c1OCOC2)c1oc(CO)cc(=O)c1O. The van der Waals surface area contributed by atoms with Crippen LogP contribution in [0, 0.1) is 0 Å². The Kier molecular flexibility index (Phi) is 6.23. The van der Waals surface area contributed by atoms with Gasteiger partial charge in [-0.15, -0.1) is 0 Å². The molecule has 2 heterocycles. The number of fused-ring (bicyclic) bond motifs is 1. The van der Waals surface area contributed by atoms with Crippen LogP contribution in [0.25, 0.3) is 0 Å². The van der Waals surface area contributed by atoms with Crippen LogP contribution in [0.5, 0.6) is 11.5 Å². The molecule has 0 radical (unpaired) electrons. The van der Waals surface area contributed by atoms with E-state index in [-0.39, 0.29) is 37.9 Å². The van der Waals surface area contributed by atoms with Gasteiger partial charge in [0.05, 0.1) is 25.6 Å². The minimum Gasteiger partial charge on any atom is -0.502 e. The number of rotatable bonds is 6. The predicted molar refractivity (Wildman–Crippen MR) is 97.4 cm³/mol. The average molecular weight is 411 g/mol. The van der Waals surface area contributed by atoms with Gasteiger partial charge in [-0.1, -0.05) is 11.6 Å². The standard InChI is InChI=1S/C19H19ClO8/c1-2-26-16(23)6-14(19-17(24)15(22)5-12(7-21)28-19)13-4-11(20)3-10-8-25-9-27-18(10)13/h3-5,14,21,24H,2,6-9H2,1H3/t14-/m1/s1. The molecule has 0 unspecified atom stereocenters. The fourth-order valence-electron chi connectivity index (χ4n) is 3.07. The van der Waals surface area contributed by atoms with Gasteiger partial charge in [0.1, 0.15) is 18.1 Å². The summed E-state index contributed by atoms with van der Waals surface area (Å²) in [5.74, 6) is -1.95. The Balaban J connectivity index is 2.20. The zero-order valence-electron chi connectivity index (χ0n) is 15.1. The summed E-state index contributed by atoms with van der Waals surface area (Å²) in [5.41, 5.74) is 0.356. The van der Waals surface area contributed by atoms with Gasteiger partial charge in [0, 0.05) is 22.2 Å². The number of esters is 1. The van der Waals surface area contributed by atoms with Crippen LogP contribution in [0.2, 0.25) is 5.02 Å². The zero-order chi connectivity index (χ0) is 20.3. The summed E-state index contributed by atoms with van der Waals surface area (Å²) in [6.07, 6.45) is -0.240. The smallest absolute Gasteiger partial charge is 0.306 e. The molecule has 1 aliphatic heterocycles. The lowest BCUT2D eigenvalue weighted by Crippen LogP contribution is -2.18. The lowest BCUT2D eigenvalue weighted by atomic mass is 9.89. The van der Waals surface area contributed by atoms with Crippen LogP contribution in [0.4, 0.5) is 0 Å². The third-order valence-electron chi connectivity index (χ3n) is 4.23. The second kappa shape index (κ2) is 8.64. The van der Waals surface area contributed by atoms with Crippen molar-refractivity contribution in [2.24, 2.45) is 0 Å². The third kappa shape index (κ3) is 4.14. The molecule has 1 atom stereocenters. The van der Waals surface area contributed by atoms with Crippen molar-refractivity contribution in [3.05, 3.63) is 56.1 Å². The molecule has 0 amide bonds. The number of carbonyl (C=O) groups is 1. The molecule has 28 heavy (non-hydrogen) atoms. The Morgan fingerprint density at radius 3 is 2.86 bits per heavy atom. The van der Waals surface area contributed by atoms with E-state index in [0.29, 0.717) is 21.9 Å². The van der Waals surface area contributed by atoms with Gasteiger partial charge < -0.3 is 28.8 Å². The molecule has 1 aromatic carbocycles. The van der Waals surface area contributed by atoms with Gasteiger partial charge in [0.2, 0.25) is 11.2 Å². The lowest BCUT2D eigenvalue weighted by Gasteiger charge is -2.25. The molecule has 0 aliphatic carbocycles. The van der Waals surface area contributed by atoms with Crippen LogP contribution in [-0.2, 0) is 27.5 Å². The number of hydrogen-bond acceptors (Lipinski definition) is 8. The molecule has 8 nitrogen and oxygen atoms in total. The van der Waals surface area contributed by atoms with Gasteiger partial charge in [-0.3, -0.25) is 9.59 Å². The summed E-state index contributed by atoms with van der Waals surface area (Å²) < 4.78 is 21.4. The number of hydrogen-bond donors (Lipinski definition) is 2. The van der Waals surface area contributed by atoms with E-state index >= 15 is 0 Å². The first-order valence-corrected chi connectivity index (χ1v) is 8.97. The number of ether oxygens (including phenoxy) is 3. The Labute approximate surface area is 165 Å². The van der Waals surface area contributed by atoms with Crippen LogP contribution in [0.1, 0.15) is 41.9 Å². The average Bonchev–Trinajstić information content (AvgIpc) is 2.68. The highest BCUT2D eigenvalue weighted by atomic mass is 35.5. The zero-order valence-corrected chi connectivity index (χ0v) is 15.8. The van der Waals surface area contributed by atoms with E-state index in [4.69, 9.17) is 30.2 Å². The molecule has 150 valence electrons. The fraction of sp³-hybridized carbons (Fsp3) is 0.368. The third-order valence-corrected chi connectivity index (χ3v) is 4.45. The van der Waals surface area contributed by atoms with E-state index in [1.54, 1.807) is 19.1 Å². The van der Waals surface area contributed by atoms with Crippen molar-refractivity contribution in [3.63, 3.8) is 0 Å². The molecule has 3 rings (SSSR count). The first-order chi connectivity index (χ1) is 13.4. The Hall–Kier alpha value is -2.55. The lowest BCUT2D eigenvalue weighted by molar-refractivity contribution is -0.143. The van der Waals surface area contributed by atoms with Crippen molar-refractivity contribution in [3.8, 4) is 11.5 Å². The number of aromatic hydroxyl groups is 1. The van der Waals surface area contributed by atoms with Crippen LogP contribution >= 0.6 is 11.6 Å². The molecule has 0 fully saturated rings. The number of benzene rings is 1. The second-order valence-corrected chi connectivity index (χ2v) is 6.54. The summed E-state index contributed by atoms with van der Waals surface area (Å²) in [6.45, 7) is 1.53. The van der Waals surface area contributed by atoms with Gasteiger partial charge in [-0.2, -0.15) is 0 Å². The quantitative estimate of drug-likeness (QED) is 0.698. The molecule has 1 aromatic heterocycles. The summed E-state index contributed by atoms with van der Waals surface area (Å²) in [5, 5.41) is 20.0. The monoisotopic (exact) mass is 410 g/mol. The molecule has 0 spiro atoms. The topological polar surface area (TPSA) is 115 Å². The molecule has 2 aromatic rings. The summed E-state index contributed by atoms with van der Waals surface area (Å²) in [7, 11) is 0. The maximum atomic E-state index is 12.2. The van der Waals surface area contributed by atoms with E-state index in [1.807, 2.05) is 0 Å². The van der Waals surface area contributed by atoms with Crippen molar-refractivity contribution in [2.45, 2.75) is 32.5 Å². The van der Waals surface area contributed by atoms with Gasteiger partial charge in [0.15, 0.2) is 12.6 Å². The summed E-state index contributed by atoms with van der Waals surface area (Å²) in [4.78, 5) is 24.3. The molecule has 9 heteroatoms. The van der Waals surface area contributed by atoms with Crippen LogP contribution in [0.3, 0.4) is 0 Å². The molecule has 1 aliphatic rings. The van der Waals surface area contributed by atoms with Crippen LogP contribution in [0.15, 0.2) is 27.4 Å². The molecule has 0 saturated carbocycles. The number of carbonyl (C=O) groups excluding carboxylic acids is 1. The van der Waals surface area contributed by atoms with Crippen molar-refractivity contribution < 1.29 is 33.6 Å². The Morgan fingerprint density at radius 1 is 1.36 bits per heavy atom. The largest absolute Gasteiger partial charge is 0.502 e. The minimum absolute atomic E-state index is 0.000366. The van der Waals surface area contributed by atoms with E-state index in [9.17, 15) is 19.8 Å². The van der Waals surface area contributed by atoms with Gasteiger partial charge in [-0.05, 0) is 19.1 Å². The maximum absolute atomic E-state index is 12.2. The van der Waals surface area contributed by atoms with Gasteiger partial charge >= 0.3 is 5.97 Å². The second-order valence-electron chi connectivity index (χ2n) is 6.10. The molecule has 0 saturated heterocycles. The highest BCUT2D eigenvalue weighted by molar-refractivity contribution is 6.30. The first-order valence-electron chi connectivity index (χ1n) is 8.59. The van der Waals surface area contributed by atoms with Crippen molar-refractivity contribution in [1.82, 2.24) is 0 Å². The van der Waals surface area contributed by atoms with E-state index < -0.39 is 29.7 Å². The fourth-order valence-corrected chi connectivity index (χ4v) is 3.32. The number of aliphatic hydroxyl groups is 1.